The molecule has 0 saturated carbocycles. The highest BCUT2D eigenvalue weighted by Crippen LogP contribution is 2.30. The van der Waals surface area contributed by atoms with Crippen LogP contribution in [0.2, 0.25) is 5.02 Å². The molecule has 0 aliphatic rings. The minimum absolute atomic E-state index is 0.286. The lowest BCUT2D eigenvalue weighted by molar-refractivity contribution is 0.102. The van der Waals surface area contributed by atoms with E-state index in [0.717, 1.165) is 5.69 Å². The van der Waals surface area contributed by atoms with Crippen LogP contribution in [0.1, 0.15) is 10.5 Å². The van der Waals surface area contributed by atoms with E-state index in [-0.39, 0.29) is 5.91 Å². The second-order valence-electron chi connectivity index (χ2n) is 3.74. The Labute approximate surface area is 124 Å². The van der Waals surface area contributed by atoms with Crippen LogP contribution in [0.15, 0.2) is 41.0 Å². The average molecular weight is 341 g/mol. The Hall–Kier alpha value is -1.59. The third-order valence-electron chi connectivity index (χ3n) is 2.48. The van der Waals surface area contributed by atoms with Gasteiger partial charge >= 0.3 is 0 Å². The molecule has 2 N–H and O–H groups in total. The van der Waals surface area contributed by atoms with Gasteiger partial charge in [-0.1, -0.05) is 17.7 Å². The molecule has 2 rings (SSSR count). The summed E-state index contributed by atoms with van der Waals surface area (Å²) < 4.78 is 0.650. The Bertz CT molecular complexity index is 601. The van der Waals surface area contributed by atoms with E-state index in [1.165, 1.54) is 0 Å². The van der Waals surface area contributed by atoms with Crippen molar-refractivity contribution in [2.24, 2.45) is 0 Å². The van der Waals surface area contributed by atoms with E-state index < -0.39 is 0 Å². The van der Waals surface area contributed by atoms with Gasteiger partial charge in [-0.25, -0.2) is 4.98 Å². The van der Waals surface area contributed by atoms with Crippen molar-refractivity contribution in [1.82, 2.24) is 4.98 Å². The lowest BCUT2D eigenvalue weighted by Gasteiger charge is -2.08. The molecule has 0 fully saturated rings. The Balaban J connectivity index is 2.18. The van der Waals surface area contributed by atoms with Gasteiger partial charge < -0.3 is 10.6 Å². The van der Waals surface area contributed by atoms with Gasteiger partial charge in [0.1, 0.15) is 5.69 Å². The zero-order valence-corrected chi connectivity index (χ0v) is 12.4. The van der Waals surface area contributed by atoms with Gasteiger partial charge in [-0.3, -0.25) is 4.79 Å². The first-order valence-corrected chi connectivity index (χ1v) is 6.68. The SMILES string of the molecule is CNc1ccc(C(=O)Nc2cccc(Cl)c2Br)nc1. The molecule has 19 heavy (non-hydrogen) atoms. The zero-order valence-electron chi connectivity index (χ0n) is 10.1. The third kappa shape index (κ3) is 3.24. The molecule has 0 atom stereocenters. The molecule has 0 bridgehead atoms. The molecule has 2 aromatic rings. The highest BCUT2D eigenvalue weighted by molar-refractivity contribution is 9.10. The molecule has 1 amide bonds. The lowest BCUT2D eigenvalue weighted by Crippen LogP contribution is -2.14. The summed E-state index contributed by atoms with van der Waals surface area (Å²) in [7, 11) is 1.79. The minimum Gasteiger partial charge on any atom is -0.387 e. The fourth-order valence-electron chi connectivity index (χ4n) is 1.46. The van der Waals surface area contributed by atoms with Gasteiger partial charge in [0.05, 0.1) is 27.1 Å². The summed E-state index contributed by atoms with van der Waals surface area (Å²) >= 11 is 9.29. The summed E-state index contributed by atoms with van der Waals surface area (Å²) in [4.78, 5) is 16.1. The first-order chi connectivity index (χ1) is 9.11. The molecule has 6 heteroatoms. The number of carbonyl (C=O) groups is 1. The first-order valence-electron chi connectivity index (χ1n) is 5.51. The van der Waals surface area contributed by atoms with Crippen molar-refractivity contribution >= 4 is 44.8 Å². The van der Waals surface area contributed by atoms with Crippen molar-refractivity contribution < 1.29 is 4.79 Å². The highest BCUT2D eigenvalue weighted by atomic mass is 79.9. The molecule has 1 heterocycles. The van der Waals surface area contributed by atoms with Crippen LogP contribution >= 0.6 is 27.5 Å². The van der Waals surface area contributed by atoms with E-state index in [4.69, 9.17) is 11.6 Å². The number of amides is 1. The van der Waals surface area contributed by atoms with Gasteiger partial charge in [0.25, 0.3) is 5.91 Å². The number of pyridine rings is 1. The molecular formula is C13H11BrClN3O. The van der Waals surface area contributed by atoms with Crippen LogP contribution in [-0.2, 0) is 0 Å². The maximum Gasteiger partial charge on any atom is 0.274 e. The normalized spacial score (nSPS) is 10.1. The Morgan fingerprint density at radius 2 is 2.11 bits per heavy atom. The van der Waals surface area contributed by atoms with Gasteiger partial charge in [0.2, 0.25) is 0 Å². The minimum atomic E-state index is -0.286. The number of anilines is 2. The van der Waals surface area contributed by atoms with E-state index in [9.17, 15) is 4.79 Å². The predicted molar refractivity (Wildman–Crippen MR) is 80.9 cm³/mol. The molecule has 4 nitrogen and oxygen atoms in total. The van der Waals surface area contributed by atoms with Gasteiger partial charge in [-0.2, -0.15) is 0 Å². The van der Waals surface area contributed by atoms with Gasteiger partial charge in [-0.05, 0) is 40.2 Å². The molecule has 1 aromatic carbocycles. The third-order valence-corrected chi connectivity index (χ3v) is 3.88. The first kappa shape index (κ1) is 13.8. The molecule has 0 aliphatic carbocycles. The van der Waals surface area contributed by atoms with E-state index in [1.54, 1.807) is 43.6 Å². The van der Waals surface area contributed by atoms with E-state index in [2.05, 4.69) is 31.5 Å². The molecule has 0 radical (unpaired) electrons. The number of aromatic nitrogens is 1. The molecular weight excluding hydrogens is 330 g/mol. The number of nitrogens with zero attached hydrogens (tertiary/aromatic N) is 1. The molecule has 98 valence electrons. The summed E-state index contributed by atoms with van der Waals surface area (Å²) in [5, 5.41) is 6.23. The molecule has 0 spiro atoms. The van der Waals surface area contributed by atoms with Crippen molar-refractivity contribution in [3.05, 3.63) is 51.7 Å². The van der Waals surface area contributed by atoms with Crippen molar-refractivity contribution in [2.45, 2.75) is 0 Å². The van der Waals surface area contributed by atoms with Crippen LogP contribution in [0.4, 0.5) is 11.4 Å². The van der Waals surface area contributed by atoms with Crippen LogP contribution in [0, 0.1) is 0 Å². The second kappa shape index (κ2) is 6.04. The maximum absolute atomic E-state index is 12.0. The number of rotatable bonds is 3. The molecule has 1 aromatic heterocycles. The summed E-state index contributed by atoms with van der Waals surface area (Å²) in [6.07, 6.45) is 1.60. The predicted octanol–water partition coefficient (Wildman–Crippen LogP) is 3.79. The van der Waals surface area contributed by atoms with Gasteiger partial charge in [0, 0.05) is 7.05 Å². The number of hydrogen-bond acceptors (Lipinski definition) is 3. The fraction of sp³-hybridized carbons (Fsp3) is 0.0769. The molecule has 0 aliphatic heterocycles. The number of benzene rings is 1. The zero-order chi connectivity index (χ0) is 13.8. The van der Waals surface area contributed by atoms with Crippen molar-refractivity contribution in [2.75, 3.05) is 17.7 Å². The second-order valence-corrected chi connectivity index (χ2v) is 4.94. The van der Waals surface area contributed by atoms with Crippen LogP contribution < -0.4 is 10.6 Å². The quantitative estimate of drug-likeness (QED) is 0.894. The van der Waals surface area contributed by atoms with Gasteiger partial charge in [0.15, 0.2) is 0 Å². The summed E-state index contributed by atoms with van der Waals surface area (Å²) in [5.41, 5.74) is 1.79. The maximum atomic E-state index is 12.0. The van der Waals surface area contributed by atoms with E-state index >= 15 is 0 Å². The van der Waals surface area contributed by atoms with Crippen LogP contribution in [0.25, 0.3) is 0 Å². The highest BCUT2D eigenvalue weighted by Gasteiger charge is 2.10. The number of nitrogens with one attached hydrogen (secondary N) is 2. The topological polar surface area (TPSA) is 54.0 Å². The number of carbonyl (C=O) groups excluding carboxylic acids is 1. The monoisotopic (exact) mass is 339 g/mol. The molecule has 0 saturated heterocycles. The van der Waals surface area contributed by atoms with E-state index in [0.29, 0.717) is 20.9 Å². The van der Waals surface area contributed by atoms with Crippen molar-refractivity contribution in [3.63, 3.8) is 0 Å². The molecule has 0 unspecified atom stereocenters. The van der Waals surface area contributed by atoms with Crippen molar-refractivity contribution in [3.8, 4) is 0 Å². The summed E-state index contributed by atoms with van der Waals surface area (Å²) in [6, 6.07) is 8.70. The van der Waals surface area contributed by atoms with Crippen LogP contribution in [-0.4, -0.2) is 17.9 Å². The fourth-order valence-corrected chi connectivity index (χ4v) is 2.00. The Kier molecular flexibility index (Phi) is 4.39. The van der Waals surface area contributed by atoms with Gasteiger partial charge in [-0.15, -0.1) is 0 Å². The smallest absolute Gasteiger partial charge is 0.274 e. The summed E-state index contributed by atoms with van der Waals surface area (Å²) in [6.45, 7) is 0. The number of hydrogen-bond donors (Lipinski definition) is 2. The van der Waals surface area contributed by atoms with Crippen LogP contribution in [0.5, 0.6) is 0 Å². The van der Waals surface area contributed by atoms with Crippen LogP contribution in [0.3, 0.4) is 0 Å². The standard InChI is InChI=1S/C13H11BrClN3O/c1-16-8-5-6-11(17-7-8)13(19)18-10-4-2-3-9(15)12(10)14/h2-7,16H,1H3,(H,18,19). The van der Waals surface area contributed by atoms with E-state index in [1.807, 2.05) is 0 Å². The number of halogens is 2. The summed E-state index contributed by atoms with van der Waals surface area (Å²) in [5.74, 6) is -0.286. The Morgan fingerprint density at radius 1 is 1.32 bits per heavy atom. The average Bonchev–Trinajstić information content (AvgIpc) is 2.44. The Morgan fingerprint density at radius 3 is 2.74 bits per heavy atom. The largest absolute Gasteiger partial charge is 0.387 e. The lowest BCUT2D eigenvalue weighted by atomic mass is 10.3. The van der Waals surface area contributed by atoms with Crippen molar-refractivity contribution in [1.29, 1.82) is 0 Å².